The lowest BCUT2D eigenvalue weighted by Gasteiger charge is -2.06. The highest BCUT2D eigenvalue weighted by Crippen LogP contribution is 2.29. The molecule has 1 N–H and O–H groups in total. The lowest BCUT2D eigenvalue weighted by molar-refractivity contribution is -0.137. The van der Waals surface area contributed by atoms with E-state index in [1.165, 1.54) is 12.1 Å². The maximum absolute atomic E-state index is 12.7. The highest BCUT2D eigenvalue weighted by atomic mass is 19.4. The summed E-state index contributed by atoms with van der Waals surface area (Å²) in [6.45, 7) is 0.627. The average molecular weight is 370 g/mol. The van der Waals surface area contributed by atoms with Gasteiger partial charge in [0, 0.05) is 30.2 Å². The van der Waals surface area contributed by atoms with E-state index < -0.39 is 11.7 Å². The highest BCUT2D eigenvalue weighted by molar-refractivity contribution is 5.80. The van der Waals surface area contributed by atoms with E-state index in [1.807, 2.05) is 41.1 Å². The van der Waals surface area contributed by atoms with Crippen molar-refractivity contribution in [2.45, 2.75) is 19.1 Å². The van der Waals surface area contributed by atoms with Crippen molar-refractivity contribution in [3.05, 3.63) is 71.9 Å². The van der Waals surface area contributed by atoms with E-state index in [4.69, 9.17) is 0 Å². The molecule has 1 heterocycles. The molecule has 2 aromatic carbocycles. The molecule has 0 unspecified atom stereocenters. The molecule has 27 heavy (non-hydrogen) atoms. The molecule has 3 aromatic rings. The summed E-state index contributed by atoms with van der Waals surface area (Å²) in [6.07, 6.45) is -2.16. The van der Waals surface area contributed by atoms with Gasteiger partial charge in [0.25, 0.3) is 0 Å². The number of hydrogen-bond acceptors (Lipinski definition) is 1. The van der Waals surface area contributed by atoms with E-state index in [9.17, 15) is 18.0 Å². The molecular weight excluding hydrogens is 353 g/mol. The van der Waals surface area contributed by atoms with Gasteiger partial charge in [0.2, 0.25) is 5.91 Å². The summed E-state index contributed by atoms with van der Waals surface area (Å²) >= 11 is 0. The number of hydrogen-bond donors (Lipinski definition) is 1. The first-order chi connectivity index (χ1) is 12.9. The van der Waals surface area contributed by atoms with Crippen molar-refractivity contribution in [3.8, 4) is 11.8 Å². The molecule has 0 aliphatic carbocycles. The number of nitrogens with zero attached hydrogens (tertiary/aromatic N) is 1. The summed E-state index contributed by atoms with van der Waals surface area (Å²) in [5, 5.41) is 3.78. The number of benzene rings is 2. The SMILES string of the molecule is O=C(CCn1ccc2ccccc21)NCC#Cc1cccc(C(F)(F)F)c1. The molecule has 0 radical (unpaired) electrons. The van der Waals surface area contributed by atoms with Crippen molar-refractivity contribution < 1.29 is 18.0 Å². The third-order valence-electron chi connectivity index (χ3n) is 4.06. The van der Waals surface area contributed by atoms with Crippen LogP contribution in [0.5, 0.6) is 0 Å². The van der Waals surface area contributed by atoms with Crippen LogP contribution in [0.15, 0.2) is 60.8 Å². The van der Waals surface area contributed by atoms with Crippen LogP contribution in [0.25, 0.3) is 10.9 Å². The van der Waals surface area contributed by atoms with Gasteiger partial charge in [-0.05, 0) is 35.7 Å². The van der Waals surface area contributed by atoms with Gasteiger partial charge in [0.05, 0.1) is 12.1 Å². The van der Waals surface area contributed by atoms with Gasteiger partial charge in [-0.1, -0.05) is 36.1 Å². The predicted octanol–water partition coefficient (Wildman–Crippen LogP) is 4.22. The molecule has 0 bridgehead atoms. The average Bonchev–Trinajstić information content (AvgIpc) is 3.06. The summed E-state index contributed by atoms with van der Waals surface area (Å²) in [7, 11) is 0. The Bertz CT molecular complexity index is 1010. The smallest absolute Gasteiger partial charge is 0.347 e. The van der Waals surface area contributed by atoms with Crippen molar-refractivity contribution in [3.63, 3.8) is 0 Å². The highest BCUT2D eigenvalue weighted by Gasteiger charge is 2.30. The molecule has 0 aliphatic rings. The Hall–Kier alpha value is -3.20. The number of aromatic nitrogens is 1. The fourth-order valence-electron chi connectivity index (χ4n) is 2.71. The van der Waals surface area contributed by atoms with Crippen molar-refractivity contribution in [2.75, 3.05) is 6.54 Å². The van der Waals surface area contributed by atoms with Crippen molar-refractivity contribution in [1.82, 2.24) is 9.88 Å². The second-order valence-electron chi connectivity index (χ2n) is 5.98. The number of amides is 1. The third kappa shape index (κ3) is 4.91. The molecular formula is C21H17F3N2O. The van der Waals surface area contributed by atoms with Crippen molar-refractivity contribution in [1.29, 1.82) is 0 Å². The predicted molar refractivity (Wildman–Crippen MR) is 97.9 cm³/mol. The monoisotopic (exact) mass is 370 g/mol. The molecule has 3 rings (SSSR count). The number of para-hydroxylation sites is 1. The minimum atomic E-state index is -4.39. The molecule has 0 atom stereocenters. The van der Waals surface area contributed by atoms with Gasteiger partial charge < -0.3 is 9.88 Å². The van der Waals surface area contributed by atoms with Crippen LogP contribution in [0, 0.1) is 11.8 Å². The fraction of sp³-hybridized carbons (Fsp3) is 0.190. The zero-order chi connectivity index (χ0) is 19.3. The van der Waals surface area contributed by atoms with Crippen LogP contribution in [0.2, 0.25) is 0 Å². The Morgan fingerprint density at radius 1 is 1.07 bits per heavy atom. The Kier molecular flexibility index (Phi) is 5.51. The number of halogens is 3. The topological polar surface area (TPSA) is 34.0 Å². The Labute approximate surface area is 154 Å². The van der Waals surface area contributed by atoms with Gasteiger partial charge in [-0.25, -0.2) is 0 Å². The standard InChI is InChI=1S/C21H17F3N2O/c22-21(23,24)18-8-3-5-16(15-18)6-4-12-25-20(27)11-14-26-13-10-17-7-1-2-9-19(17)26/h1-3,5,7-10,13,15H,11-12,14H2,(H,25,27). The number of rotatable bonds is 4. The minimum Gasteiger partial charge on any atom is -0.347 e. The van der Waals surface area contributed by atoms with Gasteiger partial charge in [0.1, 0.15) is 0 Å². The van der Waals surface area contributed by atoms with Gasteiger partial charge in [-0.2, -0.15) is 13.2 Å². The number of nitrogens with one attached hydrogen (secondary N) is 1. The maximum Gasteiger partial charge on any atom is 0.416 e. The molecule has 1 aromatic heterocycles. The molecule has 0 fully saturated rings. The van der Waals surface area contributed by atoms with Crippen LogP contribution in [-0.4, -0.2) is 17.0 Å². The van der Waals surface area contributed by atoms with Crippen LogP contribution in [0.4, 0.5) is 13.2 Å². The number of alkyl halides is 3. The lowest BCUT2D eigenvalue weighted by atomic mass is 10.1. The number of carbonyl (C=O) groups is 1. The summed E-state index contributed by atoms with van der Waals surface area (Å²) < 4.78 is 40.0. The largest absolute Gasteiger partial charge is 0.416 e. The van der Waals surface area contributed by atoms with Crippen LogP contribution in [-0.2, 0) is 17.5 Å². The number of aryl methyl sites for hydroxylation is 1. The van der Waals surface area contributed by atoms with Crippen LogP contribution >= 0.6 is 0 Å². The first-order valence-electron chi connectivity index (χ1n) is 8.40. The molecule has 3 nitrogen and oxygen atoms in total. The molecule has 0 spiro atoms. The van der Waals surface area contributed by atoms with Crippen LogP contribution in [0.3, 0.4) is 0 Å². The molecule has 1 amide bonds. The Balaban J connectivity index is 1.50. The normalized spacial score (nSPS) is 11.1. The summed E-state index contributed by atoms with van der Waals surface area (Å²) in [5.41, 5.74) is 0.588. The molecule has 0 saturated carbocycles. The molecule has 0 aliphatic heterocycles. The summed E-state index contributed by atoms with van der Waals surface area (Å²) in [6, 6.07) is 14.7. The summed E-state index contributed by atoms with van der Waals surface area (Å²) in [4.78, 5) is 11.9. The minimum absolute atomic E-state index is 0.0848. The van der Waals surface area contributed by atoms with Gasteiger partial charge in [-0.3, -0.25) is 4.79 Å². The second kappa shape index (κ2) is 8.00. The van der Waals surface area contributed by atoms with Crippen molar-refractivity contribution >= 4 is 16.8 Å². The van der Waals surface area contributed by atoms with Gasteiger partial charge in [0.15, 0.2) is 0 Å². The maximum atomic E-state index is 12.7. The first-order valence-corrected chi connectivity index (χ1v) is 8.40. The fourth-order valence-corrected chi connectivity index (χ4v) is 2.71. The van der Waals surface area contributed by atoms with E-state index in [0.29, 0.717) is 13.0 Å². The Morgan fingerprint density at radius 3 is 2.70 bits per heavy atom. The van der Waals surface area contributed by atoms with E-state index in [1.54, 1.807) is 0 Å². The second-order valence-corrected chi connectivity index (χ2v) is 5.98. The lowest BCUT2D eigenvalue weighted by Crippen LogP contribution is -2.24. The zero-order valence-corrected chi connectivity index (χ0v) is 14.4. The summed E-state index contributed by atoms with van der Waals surface area (Å²) in [5.74, 6) is 5.15. The first kappa shape index (κ1) is 18.6. The zero-order valence-electron chi connectivity index (χ0n) is 14.4. The molecule has 0 saturated heterocycles. The van der Waals surface area contributed by atoms with Crippen LogP contribution < -0.4 is 5.32 Å². The molecule has 6 heteroatoms. The van der Waals surface area contributed by atoms with E-state index in [-0.39, 0.29) is 18.0 Å². The third-order valence-corrected chi connectivity index (χ3v) is 4.06. The quantitative estimate of drug-likeness (QED) is 0.686. The van der Waals surface area contributed by atoms with Crippen molar-refractivity contribution in [2.24, 2.45) is 0 Å². The van der Waals surface area contributed by atoms with Gasteiger partial charge >= 0.3 is 6.18 Å². The van der Waals surface area contributed by atoms with Crippen LogP contribution in [0.1, 0.15) is 17.5 Å². The molecule has 138 valence electrons. The van der Waals surface area contributed by atoms with E-state index in [2.05, 4.69) is 17.2 Å². The Morgan fingerprint density at radius 2 is 1.89 bits per heavy atom. The van der Waals surface area contributed by atoms with E-state index in [0.717, 1.165) is 23.0 Å². The number of fused-ring (bicyclic) bond motifs is 1. The van der Waals surface area contributed by atoms with Gasteiger partial charge in [-0.15, -0.1) is 0 Å². The number of carbonyl (C=O) groups excluding carboxylic acids is 1. The van der Waals surface area contributed by atoms with E-state index >= 15 is 0 Å².